The molecule has 0 aliphatic heterocycles. The van der Waals surface area contributed by atoms with Gasteiger partial charge in [-0.1, -0.05) is 267 Å². The molecular weight excluding hydrogens is 1540 g/mol. The largest absolute Gasteiger partial charge is 0.255 e. The molecule has 0 N–H and O–H groups in total. The van der Waals surface area contributed by atoms with E-state index in [1.165, 1.54) is 65.5 Å². The van der Waals surface area contributed by atoms with E-state index in [2.05, 4.69) is 299 Å². The number of hydrogen-bond acceptors (Lipinski definition) is 12. The molecule has 0 radical (unpaired) electrons. The van der Waals surface area contributed by atoms with E-state index >= 15 is 0 Å². The summed E-state index contributed by atoms with van der Waals surface area (Å²) in [6.45, 7) is 0. The highest BCUT2D eigenvalue weighted by molar-refractivity contribution is 6.28. The Balaban J connectivity index is 0.000000107. The second kappa shape index (κ2) is 30.5. The maximum Gasteiger partial charge on any atom is 0.0978 e. The van der Waals surface area contributed by atoms with Gasteiger partial charge in [-0.25, -0.2) is 29.9 Å². The summed E-state index contributed by atoms with van der Waals surface area (Å²) >= 11 is 0. The summed E-state index contributed by atoms with van der Waals surface area (Å²) in [5.74, 6) is 0. The van der Waals surface area contributed by atoms with Crippen LogP contribution in [0, 0.1) is 0 Å². The van der Waals surface area contributed by atoms with Crippen molar-refractivity contribution in [3.63, 3.8) is 0 Å². The molecule has 0 atom stereocenters. The minimum absolute atomic E-state index is 0.858. The Bertz CT molecular complexity index is 8920. The molecular formula is C114H68N12. The summed E-state index contributed by atoms with van der Waals surface area (Å²) in [5.41, 5.74) is 26.8. The van der Waals surface area contributed by atoms with Crippen LogP contribution < -0.4 is 0 Å². The minimum atomic E-state index is 0.858. The lowest BCUT2D eigenvalue weighted by Crippen LogP contribution is -1.94. The first-order valence-corrected chi connectivity index (χ1v) is 42.1. The number of para-hydroxylation sites is 3. The third-order valence-electron chi connectivity index (χ3n) is 24.4. The van der Waals surface area contributed by atoms with Gasteiger partial charge < -0.3 is 0 Å². The molecule has 12 aromatic heterocycles. The van der Waals surface area contributed by atoms with E-state index < -0.39 is 0 Å². The number of hydrogen-bond donors (Lipinski definition) is 0. The van der Waals surface area contributed by atoms with E-state index in [4.69, 9.17) is 39.9 Å². The highest BCUT2D eigenvalue weighted by Gasteiger charge is 2.23. The summed E-state index contributed by atoms with van der Waals surface area (Å²) in [5, 5.41) is 21.8. The molecule has 26 rings (SSSR count). The van der Waals surface area contributed by atoms with Crippen LogP contribution in [0.15, 0.2) is 413 Å². The third-order valence-corrected chi connectivity index (χ3v) is 24.4. The molecule has 0 aliphatic rings. The van der Waals surface area contributed by atoms with Crippen molar-refractivity contribution in [3.8, 4) is 89.9 Å². The number of nitrogens with zero attached hydrogens (tertiary/aromatic N) is 12. The van der Waals surface area contributed by atoms with Crippen molar-refractivity contribution < 1.29 is 0 Å². The van der Waals surface area contributed by atoms with E-state index in [9.17, 15) is 0 Å². The normalized spacial score (nSPS) is 11.7. The highest BCUT2D eigenvalue weighted by atomic mass is 14.8. The Labute approximate surface area is 721 Å². The van der Waals surface area contributed by atoms with Gasteiger partial charge in [0.2, 0.25) is 0 Å². The summed E-state index contributed by atoms with van der Waals surface area (Å²) in [7, 11) is 0. The predicted molar refractivity (Wildman–Crippen MR) is 519 cm³/mol. The van der Waals surface area contributed by atoms with Crippen molar-refractivity contribution in [2.75, 3.05) is 0 Å². The van der Waals surface area contributed by atoms with Crippen LogP contribution in [0.3, 0.4) is 0 Å². The second-order valence-electron chi connectivity index (χ2n) is 31.6. The molecule has 26 aromatic rings. The fourth-order valence-electron chi connectivity index (χ4n) is 18.6. The Morgan fingerprint density at radius 2 is 0.468 bits per heavy atom. The van der Waals surface area contributed by atoms with Crippen LogP contribution in [0.25, 0.3) is 253 Å². The summed E-state index contributed by atoms with van der Waals surface area (Å²) in [6, 6.07) is 131. The first-order valence-electron chi connectivity index (χ1n) is 42.1. The zero-order chi connectivity index (χ0) is 83.1. The van der Waals surface area contributed by atoms with E-state index in [1.54, 1.807) is 12.4 Å². The third kappa shape index (κ3) is 12.6. The minimum Gasteiger partial charge on any atom is -0.255 e. The van der Waals surface area contributed by atoms with Crippen molar-refractivity contribution in [2.24, 2.45) is 0 Å². The van der Waals surface area contributed by atoms with Crippen LogP contribution in [0.2, 0.25) is 0 Å². The van der Waals surface area contributed by atoms with Gasteiger partial charge in [0.1, 0.15) is 0 Å². The van der Waals surface area contributed by atoms with Crippen molar-refractivity contribution in [1.82, 2.24) is 59.8 Å². The number of pyridine rings is 12. The van der Waals surface area contributed by atoms with Gasteiger partial charge in [-0.3, -0.25) is 29.9 Å². The molecule has 584 valence electrons. The monoisotopic (exact) mass is 1600 g/mol. The number of rotatable bonds is 8. The number of fused-ring (bicyclic) bond motifs is 22. The molecule has 126 heavy (non-hydrogen) atoms. The van der Waals surface area contributed by atoms with Crippen molar-refractivity contribution >= 4 is 163 Å². The summed E-state index contributed by atoms with van der Waals surface area (Å²) < 4.78 is 0. The first kappa shape index (κ1) is 72.8. The smallest absolute Gasteiger partial charge is 0.0978 e. The van der Waals surface area contributed by atoms with E-state index in [0.29, 0.717) is 0 Å². The molecule has 12 heterocycles. The average molecular weight is 1610 g/mol. The first-order chi connectivity index (χ1) is 62.5. The van der Waals surface area contributed by atoms with Gasteiger partial charge in [0.05, 0.1) is 101 Å². The molecule has 14 aromatic carbocycles. The van der Waals surface area contributed by atoms with Gasteiger partial charge in [-0.2, -0.15) is 0 Å². The maximum atomic E-state index is 5.16. The zero-order valence-corrected chi connectivity index (χ0v) is 67.6. The molecule has 0 fully saturated rings. The molecule has 0 unspecified atom stereocenters. The van der Waals surface area contributed by atoms with Gasteiger partial charge >= 0.3 is 0 Å². The number of aromatic nitrogens is 12. The van der Waals surface area contributed by atoms with Gasteiger partial charge in [-0.05, 0) is 169 Å². The van der Waals surface area contributed by atoms with Crippen molar-refractivity contribution in [3.05, 3.63) is 413 Å². The van der Waals surface area contributed by atoms with Crippen LogP contribution in [0.4, 0.5) is 0 Å². The van der Waals surface area contributed by atoms with Crippen LogP contribution >= 0.6 is 0 Å². The highest BCUT2D eigenvalue weighted by Crippen LogP contribution is 2.47. The van der Waals surface area contributed by atoms with Crippen LogP contribution in [-0.4, -0.2) is 59.8 Å². The number of benzene rings is 14. The molecule has 0 saturated carbocycles. The molecule has 12 nitrogen and oxygen atoms in total. The Morgan fingerprint density at radius 1 is 0.135 bits per heavy atom. The topological polar surface area (TPSA) is 155 Å². The van der Waals surface area contributed by atoms with E-state index in [0.717, 1.165) is 187 Å². The quantitative estimate of drug-likeness (QED) is 0.105. The second-order valence-corrected chi connectivity index (χ2v) is 31.6. The van der Waals surface area contributed by atoms with Gasteiger partial charge in [0.15, 0.2) is 0 Å². The Hall–Kier alpha value is -17.2. The van der Waals surface area contributed by atoms with Crippen LogP contribution in [0.5, 0.6) is 0 Å². The van der Waals surface area contributed by atoms with Crippen molar-refractivity contribution in [1.29, 1.82) is 0 Å². The van der Waals surface area contributed by atoms with Crippen LogP contribution in [-0.2, 0) is 0 Å². The standard InChI is InChI=1S/C46H26N4.C36H22N4.C32H20N4/c1-2-10-33-32(9-1)38-25-30(40-22-18-29-14-13-27-7-5-23-47-43(27)45(29)49-40)16-19-34(38)35-20-17-31(26-39(33)35)42-36-11-3-4-12-41(36)50-46-37(42)21-15-28-8-6-24-48-44(28)46;1-2-11-25-24(10-1)26(30-15-7-16-33(39-30)32-14-5-6-21-37-32)19-20-27(25)34-28-12-3-4-13-31(28)40-36-29(34)18-17-23-9-8-22-38-35(23)36;1-2-9-27-24(8-1)30(25-18-17-23-7-6-20-34-31(23)32(25)36-27)22-15-13-21(14-16-22)26-11-5-12-29(35-26)28-10-3-4-19-33-28/h1-26H;1-22H;1-20H. The fourth-order valence-corrected chi connectivity index (χ4v) is 18.6. The SMILES string of the molecule is c1ccc(-c2cccc(-c3ccc(-c4c5ccccc5nc5c4ccc4cccnc45)c4ccccc34)n2)nc1.c1ccc(-c2cccc(-c3ccc(-c4c5ccccc5nc5c4ccc4cccnc45)cc3)n2)nc1.c1cnc2c(c1)ccc1ccc(-c3ccc4c5ccc(-c6c7ccccc7nc7c6ccc6cccnc67)cc5c5ccccc5c4c3)nc12. The van der Waals surface area contributed by atoms with Gasteiger partial charge in [0.25, 0.3) is 0 Å². The zero-order valence-electron chi connectivity index (χ0n) is 67.6. The fraction of sp³-hybridized carbons (Fsp3) is 0. The predicted octanol–water partition coefficient (Wildman–Crippen LogP) is 28.4. The van der Waals surface area contributed by atoms with E-state index in [-0.39, 0.29) is 0 Å². The maximum absolute atomic E-state index is 5.16. The molecule has 0 amide bonds. The van der Waals surface area contributed by atoms with E-state index in [1.807, 2.05) is 122 Å². The van der Waals surface area contributed by atoms with Crippen LogP contribution in [0.1, 0.15) is 0 Å². The van der Waals surface area contributed by atoms with Crippen molar-refractivity contribution in [2.45, 2.75) is 0 Å². The lowest BCUT2D eigenvalue weighted by atomic mass is 9.89. The Morgan fingerprint density at radius 3 is 0.984 bits per heavy atom. The molecule has 0 bridgehead atoms. The van der Waals surface area contributed by atoms with Gasteiger partial charge in [0, 0.05) is 130 Å². The lowest BCUT2D eigenvalue weighted by molar-refractivity contribution is 1.25. The molecule has 0 spiro atoms. The summed E-state index contributed by atoms with van der Waals surface area (Å²) in [4.78, 5) is 58.1. The molecule has 0 aliphatic carbocycles. The lowest BCUT2D eigenvalue weighted by Gasteiger charge is -2.16. The van der Waals surface area contributed by atoms with Gasteiger partial charge in [-0.15, -0.1) is 0 Å². The average Bonchev–Trinajstić information content (AvgIpc) is 0.750. The molecule has 0 saturated heterocycles. The summed E-state index contributed by atoms with van der Waals surface area (Å²) in [6.07, 6.45) is 11.0. The molecule has 12 heteroatoms. The Kier molecular flexibility index (Phi) is 17.6.